The van der Waals surface area contributed by atoms with E-state index in [1.807, 2.05) is 31.2 Å². The second kappa shape index (κ2) is 4.63. The van der Waals surface area contributed by atoms with Gasteiger partial charge in [-0.25, -0.2) is 4.79 Å². The molecule has 5 rings (SSSR count). The Morgan fingerprint density at radius 2 is 2.00 bits per heavy atom. The zero-order valence-electron chi connectivity index (χ0n) is 13.0. The van der Waals surface area contributed by atoms with Gasteiger partial charge in [-0.05, 0) is 32.3 Å². The van der Waals surface area contributed by atoms with Crippen LogP contribution >= 0.6 is 0 Å². The second-order valence-electron chi connectivity index (χ2n) is 7.22. The number of carboxylic acids is 1. The Kier molecular flexibility index (Phi) is 2.89. The molecular weight excluding hydrogens is 296 g/mol. The third-order valence-electron chi connectivity index (χ3n) is 5.44. The smallest absolute Gasteiger partial charge is 0.318 e. The van der Waals surface area contributed by atoms with Crippen molar-refractivity contribution in [1.29, 1.82) is 0 Å². The monoisotopic (exact) mass is 316 g/mol. The molecule has 0 radical (unpaired) electrons. The number of rotatable bonds is 2. The molecule has 4 aliphatic rings. The van der Waals surface area contributed by atoms with Crippen molar-refractivity contribution in [1.82, 2.24) is 10.2 Å². The van der Waals surface area contributed by atoms with Crippen molar-refractivity contribution in [3.05, 3.63) is 29.8 Å². The van der Waals surface area contributed by atoms with Crippen LogP contribution < -0.4 is 10.1 Å². The number of carbonyl (C=O) groups excluding carboxylic acids is 1. The van der Waals surface area contributed by atoms with Crippen LogP contribution in [-0.4, -0.2) is 40.2 Å². The molecule has 3 saturated carbocycles. The summed E-state index contributed by atoms with van der Waals surface area (Å²) >= 11 is 0. The summed E-state index contributed by atoms with van der Waals surface area (Å²) in [6.45, 7) is 2.92. The fourth-order valence-electron chi connectivity index (χ4n) is 4.13. The molecule has 0 aromatic heterocycles. The highest BCUT2D eigenvalue weighted by molar-refractivity contribution is 5.83. The van der Waals surface area contributed by atoms with Crippen molar-refractivity contribution in [2.75, 3.05) is 6.61 Å². The van der Waals surface area contributed by atoms with Crippen molar-refractivity contribution >= 4 is 12.0 Å². The predicted molar refractivity (Wildman–Crippen MR) is 82.1 cm³/mol. The summed E-state index contributed by atoms with van der Waals surface area (Å²) in [5.41, 5.74) is 0.113. The van der Waals surface area contributed by atoms with Gasteiger partial charge in [0.15, 0.2) is 0 Å². The van der Waals surface area contributed by atoms with Crippen molar-refractivity contribution in [3.8, 4) is 5.75 Å². The van der Waals surface area contributed by atoms with Crippen LogP contribution in [0.4, 0.5) is 4.79 Å². The average Bonchev–Trinajstić information content (AvgIpc) is 2.60. The third-order valence-corrected chi connectivity index (χ3v) is 5.44. The van der Waals surface area contributed by atoms with E-state index >= 15 is 0 Å². The largest absolute Gasteiger partial charge is 0.491 e. The SMILES string of the molecule is CC1COc2ccccc2CN1C(=O)NC12CC(C(=O)O)(C1)C2. The quantitative estimate of drug-likeness (QED) is 0.874. The fourth-order valence-corrected chi connectivity index (χ4v) is 4.13. The van der Waals surface area contributed by atoms with Crippen LogP contribution in [0.15, 0.2) is 24.3 Å². The maximum absolute atomic E-state index is 12.7. The van der Waals surface area contributed by atoms with E-state index in [4.69, 9.17) is 4.74 Å². The summed E-state index contributed by atoms with van der Waals surface area (Å²) in [5, 5.41) is 12.2. The van der Waals surface area contributed by atoms with Gasteiger partial charge in [0.2, 0.25) is 0 Å². The minimum absolute atomic E-state index is 0.0387. The highest BCUT2D eigenvalue weighted by Crippen LogP contribution is 2.67. The molecule has 2 bridgehead atoms. The number of hydrogen-bond donors (Lipinski definition) is 2. The number of aliphatic carboxylic acids is 1. The first-order chi connectivity index (χ1) is 10.9. The molecule has 1 heterocycles. The van der Waals surface area contributed by atoms with Crippen LogP contribution in [0.1, 0.15) is 31.7 Å². The van der Waals surface area contributed by atoms with E-state index in [1.165, 1.54) is 0 Å². The minimum atomic E-state index is -0.737. The van der Waals surface area contributed by atoms with Gasteiger partial charge in [0.1, 0.15) is 12.4 Å². The highest BCUT2D eigenvalue weighted by atomic mass is 16.5. The first-order valence-electron chi connectivity index (χ1n) is 7.96. The van der Waals surface area contributed by atoms with Crippen molar-refractivity contribution in [2.45, 2.75) is 44.3 Å². The number of benzene rings is 1. The Balaban J connectivity index is 1.46. The van der Waals surface area contributed by atoms with Gasteiger partial charge < -0.3 is 20.1 Å². The number of ether oxygens (including phenoxy) is 1. The molecule has 2 amide bonds. The molecule has 1 unspecified atom stereocenters. The van der Waals surface area contributed by atoms with Gasteiger partial charge in [0.05, 0.1) is 18.0 Å². The number of nitrogens with one attached hydrogen (secondary N) is 1. The number of amides is 2. The van der Waals surface area contributed by atoms with E-state index in [2.05, 4.69) is 5.32 Å². The summed E-state index contributed by atoms with van der Waals surface area (Å²) in [5.74, 6) is 0.0871. The Morgan fingerprint density at radius 1 is 1.30 bits per heavy atom. The summed E-state index contributed by atoms with van der Waals surface area (Å²) in [6, 6.07) is 7.58. The van der Waals surface area contributed by atoms with Crippen molar-refractivity contribution < 1.29 is 19.4 Å². The Labute approximate surface area is 134 Å². The van der Waals surface area contributed by atoms with Crippen LogP contribution in [0.25, 0.3) is 0 Å². The van der Waals surface area contributed by atoms with E-state index in [0.29, 0.717) is 32.4 Å². The molecule has 1 aromatic rings. The van der Waals surface area contributed by atoms with Crippen LogP contribution in [0.2, 0.25) is 0 Å². The molecule has 1 atom stereocenters. The standard InChI is InChI=1S/C17H20N2O4/c1-11-7-23-13-5-3-2-4-12(13)6-19(11)15(22)18-17-8-16(9-17,10-17)14(20)21/h2-5,11H,6-10H2,1H3,(H,18,22)(H,20,21). The molecule has 3 aliphatic carbocycles. The van der Waals surface area contributed by atoms with Gasteiger partial charge in [-0.2, -0.15) is 0 Å². The normalized spacial score (nSPS) is 34.1. The zero-order chi connectivity index (χ0) is 16.2. The minimum Gasteiger partial charge on any atom is -0.491 e. The van der Waals surface area contributed by atoms with E-state index in [0.717, 1.165) is 11.3 Å². The lowest BCUT2D eigenvalue weighted by molar-refractivity contribution is -0.196. The zero-order valence-corrected chi connectivity index (χ0v) is 13.0. The van der Waals surface area contributed by atoms with Crippen LogP contribution in [0.3, 0.4) is 0 Å². The van der Waals surface area contributed by atoms with Crippen LogP contribution in [0.5, 0.6) is 5.75 Å². The van der Waals surface area contributed by atoms with E-state index in [9.17, 15) is 14.7 Å². The van der Waals surface area contributed by atoms with E-state index < -0.39 is 11.4 Å². The first-order valence-corrected chi connectivity index (χ1v) is 7.96. The van der Waals surface area contributed by atoms with Gasteiger partial charge in [0, 0.05) is 11.1 Å². The van der Waals surface area contributed by atoms with Crippen molar-refractivity contribution in [3.63, 3.8) is 0 Å². The van der Waals surface area contributed by atoms with E-state index in [1.54, 1.807) is 4.90 Å². The lowest BCUT2D eigenvalue weighted by Gasteiger charge is -2.68. The topological polar surface area (TPSA) is 78.9 Å². The third kappa shape index (κ3) is 2.08. The molecule has 0 spiro atoms. The molecule has 23 heavy (non-hydrogen) atoms. The Morgan fingerprint density at radius 3 is 2.70 bits per heavy atom. The summed E-state index contributed by atoms with van der Waals surface area (Å²) < 4.78 is 5.77. The molecule has 6 nitrogen and oxygen atoms in total. The first kappa shape index (κ1) is 14.4. The summed E-state index contributed by atoms with van der Waals surface area (Å²) in [4.78, 5) is 25.6. The van der Waals surface area contributed by atoms with E-state index in [-0.39, 0.29) is 17.6 Å². The predicted octanol–water partition coefficient (Wildman–Crippen LogP) is 1.99. The number of urea groups is 1. The summed E-state index contributed by atoms with van der Waals surface area (Å²) in [7, 11) is 0. The molecule has 122 valence electrons. The summed E-state index contributed by atoms with van der Waals surface area (Å²) in [6.07, 6.45) is 1.66. The Bertz CT molecular complexity index is 667. The van der Waals surface area contributed by atoms with Gasteiger partial charge in [-0.15, -0.1) is 0 Å². The van der Waals surface area contributed by atoms with Gasteiger partial charge in [0.25, 0.3) is 0 Å². The molecule has 1 aliphatic heterocycles. The van der Waals surface area contributed by atoms with Gasteiger partial charge in [-0.3, -0.25) is 4.79 Å². The molecule has 3 fully saturated rings. The van der Waals surface area contributed by atoms with Crippen LogP contribution in [0, 0.1) is 5.41 Å². The molecule has 2 N–H and O–H groups in total. The Hall–Kier alpha value is -2.24. The van der Waals surface area contributed by atoms with Crippen LogP contribution in [-0.2, 0) is 11.3 Å². The number of hydrogen-bond acceptors (Lipinski definition) is 3. The molecule has 1 aromatic carbocycles. The molecular formula is C17H20N2O4. The maximum atomic E-state index is 12.7. The van der Waals surface area contributed by atoms with Gasteiger partial charge in [-0.1, -0.05) is 18.2 Å². The lowest BCUT2D eigenvalue weighted by Crippen LogP contribution is -2.77. The number of fused-ring (bicyclic) bond motifs is 1. The lowest BCUT2D eigenvalue weighted by atomic mass is 9.39. The highest BCUT2D eigenvalue weighted by Gasteiger charge is 2.72. The number of para-hydroxylation sites is 1. The fraction of sp³-hybridized carbons (Fsp3) is 0.529. The molecule has 0 saturated heterocycles. The number of carbonyl (C=O) groups is 2. The van der Waals surface area contributed by atoms with Gasteiger partial charge >= 0.3 is 12.0 Å². The number of carboxylic acid groups (broad SMARTS) is 1. The van der Waals surface area contributed by atoms with Crippen molar-refractivity contribution in [2.24, 2.45) is 5.41 Å². The molecule has 6 heteroatoms. The number of nitrogens with zero attached hydrogens (tertiary/aromatic N) is 1. The average molecular weight is 316 g/mol. The second-order valence-corrected chi connectivity index (χ2v) is 7.22. The maximum Gasteiger partial charge on any atom is 0.318 e.